The standard InChI is InChI=1S/C20H24N4O2S/c25-27(26,21-14-16-7-2-1-3-8-16)24-12-6-9-17(15-24)13-20-22-18-10-4-5-11-19(18)23-20/h1-5,7-8,10-11,17,21H,6,9,12-15H2,(H,22,23). The fourth-order valence-corrected chi connectivity index (χ4v) is 4.96. The maximum absolute atomic E-state index is 12.7. The van der Waals surface area contributed by atoms with E-state index in [9.17, 15) is 8.42 Å². The number of H-pyrrole nitrogens is 1. The lowest BCUT2D eigenvalue weighted by Gasteiger charge is -2.31. The Balaban J connectivity index is 1.39. The summed E-state index contributed by atoms with van der Waals surface area (Å²) in [7, 11) is -3.48. The van der Waals surface area contributed by atoms with E-state index in [1.807, 2.05) is 54.6 Å². The Labute approximate surface area is 159 Å². The van der Waals surface area contributed by atoms with E-state index < -0.39 is 10.2 Å². The number of benzene rings is 2. The Morgan fingerprint density at radius 3 is 2.70 bits per heavy atom. The van der Waals surface area contributed by atoms with Crippen molar-refractivity contribution in [2.75, 3.05) is 13.1 Å². The number of hydrogen-bond donors (Lipinski definition) is 2. The third kappa shape index (κ3) is 4.37. The van der Waals surface area contributed by atoms with Gasteiger partial charge in [0.15, 0.2) is 0 Å². The Morgan fingerprint density at radius 1 is 1.11 bits per heavy atom. The summed E-state index contributed by atoms with van der Waals surface area (Å²) in [6.07, 6.45) is 2.65. The summed E-state index contributed by atoms with van der Waals surface area (Å²) in [6.45, 7) is 1.41. The normalized spacial score (nSPS) is 18.7. The molecule has 0 saturated carbocycles. The molecule has 2 aromatic carbocycles. The maximum atomic E-state index is 12.7. The topological polar surface area (TPSA) is 78.1 Å². The van der Waals surface area contributed by atoms with Gasteiger partial charge in [-0.15, -0.1) is 0 Å². The Bertz CT molecular complexity index is 968. The molecule has 0 bridgehead atoms. The molecule has 0 spiro atoms. The van der Waals surface area contributed by atoms with E-state index >= 15 is 0 Å². The number of aromatic amines is 1. The van der Waals surface area contributed by atoms with Crippen LogP contribution in [0.1, 0.15) is 24.2 Å². The molecule has 27 heavy (non-hydrogen) atoms. The molecular formula is C20H24N4O2S. The van der Waals surface area contributed by atoms with E-state index in [-0.39, 0.29) is 5.92 Å². The maximum Gasteiger partial charge on any atom is 0.279 e. The summed E-state index contributed by atoms with van der Waals surface area (Å²) in [4.78, 5) is 7.98. The van der Waals surface area contributed by atoms with Gasteiger partial charge in [-0.2, -0.15) is 17.4 Å². The minimum Gasteiger partial charge on any atom is -0.342 e. The molecule has 1 saturated heterocycles. The highest BCUT2D eigenvalue weighted by Gasteiger charge is 2.29. The van der Waals surface area contributed by atoms with E-state index in [1.165, 1.54) is 0 Å². The van der Waals surface area contributed by atoms with E-state index in [0.717, 1.165) is 41.7 Å². The average molecular weight is 385 g/mol. The van der Waals surface area contributed by atoms with Gasteiger partial charge in [-0.25, -0.2) is 4.98 Å². The molecule has 2 heterocycles. The first-order chi connectivity index (χ1) is 13.1. The molecule has 0 radical (unpaired) electrons. The van der Waals surface area contributed by atoms with Crippen LogP contribution < -0.4 is 4.72 Å². The van der Waals surface area contributed by atoms with Crippen LogP contribution in [0.3, 0.4) is 0 Å². The van der Waals surface area contributed by atoms with Crippen LogP contribution in [0.15, 0.2) is 54.6 Å². The van der Waals surface area contributed by atoms with Gasteiger partial charge in [0.1, 0.15) is 5.82 Å². The van der Waals surface area contributed by atoms with Crippen molar-refractivity contribution in [1.29, 1.82) is 0 Å². The second-order valence-electron chi connectivity index (χ2n) is 7.08. The number of piperidine rings is 1. The van der Waals surface area contributed by atoms with Gasteiger partial charge in [-0.1, -0.05) is 42.5 Å². The molecule has 1 aliphatic heterocycles. The summed E-state index contributed by atoms with van der Waals surface area (Å²) in [5, 5.41) is 0. The second-order valence-corrected chi connectivity index (χ2v) is 8.84. The minimum atomic E-state index is -3.48. The number of imidazole rings is 1. The van der Waals surface area contributed by atoms with Crippen LogP contribution in [0.2, 0.25) is 0 Å². The van der Waals surface area contributed by atoms with E-state index in [4.69, 9.17) is 0 Å². The number of para-hydroxylation sites is 2. The monoisotopic (exact) mass is 384 g/mol. The molecule has 142 valence electrons. The molecule has 7 heteroatoms. The molecule has 1 unspecified atom stereocenters. The van der Waals surface area contributed by atoms with Gasteiger partial charge >= 0.3 is 0 Å². The molecule has 0 amide bonds. The van der Waals surface area contributed by atoms with Gasteiger partial charge in [-0.3, -0.25) is 0 Å². The van der Waals surface area contributed by atoms with Crippen molar-refractivity contribution < 1.29 is 8.42 Å². The van der Waals surface area contributed by atoms with Crippen LogP contribution in [0.25, 0.3) is 11.0 Å². The zero-order chi connectivity index (χ0) is 18.7. The Hall–Kier alpha value is -2.22. The van der Waals surface area contributed by atoms with Crippen LogP contribution >= 0.6 is 0 Å². The summed E-state index contributed by atoms with van der Waals surface area (Å²) in [5.74, 6) is 1.20. The highest BCUT2D eigenvalue weighted by atomic mass is 32.2. The van der Waals surface area contributed by atoms with Gasteiger partial charge in [-0.05, 0) is 36.5 Å². The van der Waals surface area contributed by atoms with Gasteiger partial charge in [0.2, 0.25) is 0 Å². The molecule has 4 rings (SSSR count). The zero-order valence-electron chi connectivity index (χ0n) is 15.1. The Morgan fingerprint density at radius 2 is 1.89 bits per heavy atom. The van der Waals surface area contributed by atoms with Crippen molar-refractivity contribution in [2.45, 2.75) is 25.8 Å². The molecule has 1 aliphatic rings. The first kappa shape index (κ1) is 18.2. The smallest absolute Gasteiger partial charge is 0.279 e. The molecular weight excluding hydrogens is 360 g/mol. The van der Waals surface area contributed by atoms with Crippen LogP contribution in [0.4, 0.5) is 0 Å². The Kier molecular flexibility index (Phi) is 5.24. The van der Waals surface area contributed by atoms with Gasteiger partial charge in [0.05, 0.1) is 11.0 Å². The zero-order valence-corrected chi connectivity index (χ0v) is 16.0. The minimum absolute atomic E-state index is 0.271. The predicted octanol–water partition coefficient (Wildman–Crippen LogP) is 2.85. The highest BCUT2D eigenvalue weighted by molar-refractivity contribution is 7.87. The summed E-state index contributed by atoms with van der Waals surface area (Å²) < 4.78 is 29.7. The molecule has 0 aliphatic carbocycles. The lowest BCUT2D eigenvalue weighted by Crippen LogP contribution is -2.46. The van der Waals surface area contributed by atoms with Crippen LogP contribution in [0.5, 0.6) is 0 Å². The van der Waals surface area contributed by atoms with Crippen molar-refractivity contribution in [1.82, 2.24) is 19.0 Å². The third-order valence-electron chi connectivity index (χ3n) is 5.04. The number of nitrogens with zero attached hydrogens (tertiary/aromatic N) is 2. The van der Waals surface area contributed by atoms with E-state index in [1.54, 1.807) is 4.31 Å². The lowest BCUT2D eigenvalue weighted by molar-refractivity contribution is 0.260. The van der Waals surface area contributed by atoms with Crippen molar-refractivity contribution in [3.63, 3.8) is 0 Å². The molecule has 1 fully saturated rings. The SMILES string of the molecule is O=S(=O)(NCc1ccccc1)N1CCCC(Cc2nc3ccccc3[nH]2)C1. The van der Waals surface area contributed by atoms with E-state index in [2.05, 4.69) is 14.7 Å². The number of hydrogen-bond acceptors (Lipinski definition) is 3. The molecule has 1 aromatic heterocycles. The van der Waals surface area contributed by atoms with Crippen molar-refractivity contribution in [2.24, 2.45) is 5.92 Å². The van der Waals surface area contributed by atoms with Gasteiger partial charge < -0.3 is 4.98 Å². The number of nitrogens with one attached hydrogen (secondary N) is 2. The number of aromatic nitrogens is 2. The summed E-state index contributed by atoms with van der Waals surface area (Å²) >= 11 is 0. The predicted molar refractivity (Wildman–Crippen MR) is 106 cm³/mol. The summed E-state index contributed by atoms with van der Waals surface area (Å²) in [5.41, 5.74) is 2.94. The van der Waals surface area contributed by atoms with Gasteiger partial charge in [0.25, 0.3) is 10.2 Å². The molecule has 2 N–H and O–H groups in total. The second kappa shape index (κ2) is 7.80. The molecule has 1 atom stereocenters. The quantitative estimate of drug-likeness (QED) is 0.686. The van der Waals surface area contributed by atoms with Crippen molar-refractivity contribution >= 4 is 21.2 Å². The third-order valence-corrected chi connectivity index (χ3v) is 6.56. The average Bonchev–Trinajstić information content (AvgIpc) is 3.10. The molecule has 6 nitrogen and oxygen atoms in total. The highest BCUT2D eigenvalue weighted by Crippen LogP contribution is 2.23. The summed E-state index contributed by atoms with van der Waals surface area (Å²) in [6, 6.07) is 17.5. The first-order valence-electron chi connectivity index (χ1n) is 9.32. The van der Waals surface area contributed by atoms with Crippen LogP contribution in [0, 0.1) is 5.92 Å². The largest absolute Gasteiger partial charge is 0.342 e. The van der Waals surface area contributed by atoms with Gasteiger partial charge in [0, 0.05) is 26.1 Å². The van der Waals surface area contributed by atoms with Crippen molar-refractivity contribution in [3.8, 4) is 0 Å². The number of rotatable bonds is 6. The van der Waals surface area contributed by atoms with E-state index in [0.29, 0.717) is 19.6 Å². The fourth-order valence-electron chi connectivity index (χ4n) is 3.65. The first-order valence-corrected chi connectivity index (χ1v) is 10.8. The fraction of sp³-hybridized carbons (Fsp3) is 0.350. The molecule has 3 aromatic rings. The number of fused-ring (bicyclic) bond motifs is 1. The van der Waals surface area contributed by atoms with Crippen LogP contribution in [-0.4, -0.2) is 35.8 Å². The lowest BCUT2D eigenvalue weighted by atomic mass is 9.96. The van der Waals surface area contributed by atoms with Crippen LogP contribution in [-0.2, 0) is 23.2 Å². The van der Waals surface area contributed by atoms with Crippen molar-refractivity contribution in [3.05, 3.63) is 66.0 Å².